The second-order valence-electron chi connectivity index (χ2n) is 8.09. The number of nitrogens with zero attached hydrogens (tertiary/aromatic N) is 2. The molecule has 0 aliphatic carbocycles. The molecule has 1 saturated heterocycles. The van der Waals surface area contributed by atoms with Gasteiger partial charge in [0.2, 0.25) is 0 Å². The van der Waals surface area contributed by atoms with Crippen molar-refractivity contribution in [1.29, 1.82) is 0 Å². The molecule has 172 valence electrons. The molecule has 0 spiro atoms. The van der Waals surface area contributed by atoms with Crippen LogP contribution in [0, 0.1) is 5.82 Å². The molecule has 0 saturated carbocycles. The second-order valence-corrected chi connectivity index (χ2v) is 8.50. The van der Waals surface area contributed by atoms with E-state index < -0.39 is 11.9 Å². The van der Waals surface area contributed by atoms with E-state index in [1.807, 2.05) is 11.5 Å². The van der Waals surface area contributed by atoms with Gasteiger partial charge in [-0.1, -0.05) is 24.6 Å². The Morgan fingerprint density at radius 3 is 2.84 bits per heavy atom. The molecule has 2 aliphatic heterocycles. The molecule has 9 heteroatoms. The van der Waals surface area contributed by atoms with E-state index >= 15 is 0 Å². The lowest BCUT2D eigenvalue weighted by Crippen LogP contribution is -2.32. The molecule has 1 fully saturated rings. The number of halogens is 2. The number of hydrogen-bond acceptors (Lipinski definition) is 4. The molecule has 4 rings (SSSR count). The molecular weight excluding hydrogens is 437 g/mol. The number of amides is 2. The number of likely N-dealkylation sites (tertiary alicyclic amines) is 1. The van der Waals surface area contributed by atoms with E-state index in [0.717, 1.165) is 6.42 Å². The summed E-state index contributed by atoms with van der Waals surface area (Å²) in [4.78, 5) is 28.2. The predicted molar refractivity (Wildman–Crippen MR) is 117 cm³/mol. The van der Waals surface area contributed by atoms with E-state index in [-0.39, 0.29) is 29.5 Å². The van der Waals surface area contributed by atoms with Crippen molar-refractivity contribution in [3.8, 4) is 0 Å². The molecule has 3 heterocycles. The summed E-state index contributed by atoms with van der Waals surface area (Å²) in [5.41, 5.74) is 2.22. The molecule has 2 amide bonds. The monoisotopic (exact) mass is 463 g/mol. The minimum Gasteiger partial charge on any atom is -0.380 e. The van der Waals surface area contributed by atoms with Gasteiger partial charge in [0.25, 0.3) is 11.8 Å². The Hall–Kier alpha value is -2.42. The summed E-state index contributed by atoms with van der Waals surface area (Å²) in [5, 5.41) is 3.25. The van der Waals surface area contributed by atoms with Crippen molar-refractivity contribution in [2.24, 2.45) is 0 Å². The van der Waals surface area contributed by atoms with Gasteiger partial charge in [-0.05, 0) is 36.6 Å². The first-order chi connectivity index (χ1) is 15.4. The van der Waals surface area contributed by atoms with Gasteiger partial charge in [0, 0.05) is 31.8 Å². The number of hydrogen-bond donors (Lipinski definition) is 1. The molecule has 1 aromatic heterocycles. The summed E-state index contributed by atoms with van der Waals surface area (Å²) >= 11 is 6.21. The molecule has 1 N–H and O–H groups in total. The number of ether oxygens (including phenoxy) is 2. The largest absolute Gasteiger partial charge is 0.380 e. The summed E-state index contributed by atoms with van der Waals surface area (Å²) in [5.74, 6) is -0.860. The van der Waals surface area contributed by atoms with E-state index in [1.54, 1.807) is 24.1 Å². The van der Waals surface area contributed by atoms with Crippen molar-refractivity contribution in [3.63, 3.8) is 0 Å². The summed E-state index contributed by atoms with van der Waals surface area (Å²) in [7, 11) is 1.65. The highest BCUT2D eigenvalue weighted by Crippen LogP contribution is 2.28. The van der Waals surface area contributed by atoms with Crippen LogP contribution in [-0.2, 0) is 22.6 Å². The molecule has 0 unspecified atom stereocenters. The number of benzene rings is 1. The number of methoxy groups -OCH3 is 1. The maximum Gasteiger partial charge on any atom is 0.270 e. The average molecular weight is 464 g/mol. The van der Waals surface area contributed by atoms with Gasteiger partial charge >= 0.3 is 0 Å². The van der Waals surface area contributed by atoms with Crippen LogP contribution in [-0.4, -0.2) is 54.2 Å². The van der Waals surface area contributed by atoms with Crippen molar-refractivity contribution in [2.75, 3.05) is 26.8 Å². The van der Waals surface area contributed by atoms with Crippen LogP contribution in [0.5, 0.6) is 0 Å². The minimum absolute atomic E-state index is 0.0339. The summed E-state index contributed by atoms with van der Waals surface area (Å²) in [6.45, 7) is 4.31. The van der Waals surface area contributed by atoms with Crippen LogP contribution >= 0.6 is 11.6 Å². The quantitative estimate of drug-likeness (QED) is 0.711. The summed E-state index contributed by atoms with van der Waals surface area (Å²) in [6.07, 6.45) is 1.40. The van der Waals surface area contributed by atoms with Crippen LogP contribution in [0.1, 0.15) is 57.9 Å². The zero-order valence-electron chi connectivity index (χ0n) is 18.2. The van der Waals surface area contributed by atoms with E-state index in [9.17, 15) is 14.0 Å². The molecule has 7 nitrogen and oxygen atoms in total. The molecule has 2 atom stereocenters. The van der Waals surface area contributed by atoms with Crippen LogP contribution in [0.3, 0.4) is 0 Å². The molecule has 32 heavy (non-hydrogen) atoms. The highest BCUT2D eigenvalue weighted by Gasteiger charge is 2.32. The normalized spacial score (nSPS) is 19.0. The van der Waals surface area contributed by atoms with Crippen LogP contribution < -0.4 is 5.32 Å². The number of rotatable bonds is 6. The van der Waals surface area contributed by atoms with Gasteiger partial charge in [-0.2, -0.15) is 0 Å². The van der Waals surface area contributed by atoms with Crippen LogP contribution in [0.4, 0.5) is 4.39 Å². The van der Waals surface area contributed by atoms with Gasteiger partial charge in [0.05, 0.1) is 36.6 Å². The van der Waals surface area contributed by atoms with Crippen molar-refractivity contribution >= 4 is 23.4 Å². The second kappa shape index (κ2) is 9.60. The molecule has 2 aliphatic rings. The Kier molecular flexibility index (Phi) is 6.83. The zero-order valence-corrected chi connectivity index (χ0v) is 19.0. The van der Waals surface area contributed by atoms with Crippen molar-refractivity contribution < 1.29 is 23.5 Å². The van der Waals surface area contributed by atoms with Gasteiger partial charge < -0.3 is 24.3 Å². The Morgan fingerprint density at radius 2 is 2.16 bits per heavy atom. The average Bonchev–Trinajstić information content (AvgIpc) is 3.42. The maximum atomic E-state index is 13.5. The SMILES string of the molecule is CC[C@@H](NC(=O)c1cc(C(=O)N2CC[C@H](OC)C2)n2c1COCC2)c1ccc(F)cc1Cl. The van der Waals surface area contributed by atoms with E-state index in [1.165, 1.54) is 12.1 Å². The minimum atomic E-state index is -0.431. The first-order valence-electron chi connectivity index (χ1n) is 10.8. The van der Waals surface area contributed by atoms with Crippen molar-refractivity contribution in [3.05, 3.63) is 57.6 Å². The number of fused-ring (bicyclic) bond motifs is 1. The number of carbonyl (C=O) groups excluding carboxylic acids is 2. The third kappa shape index (κ3) is 4.40. The van der Waals surface area contributed by atoms with Crippen molar-refractivity contribution in [2.45, 2.75) is 45.1 Å². The zero-order chi connectivity index (χ0) is 22.8. The van der Waals surface area contributed by atoms with E-state index in [2.05, 4.69) is 5.32 Å². The first-order valence-corrected chi connectivity index (χ1v) is 11.2. The van der Waals surface area contributed by atoms with Crippen molar-refractivity contribution in [1.82, 2.24) is 14.8 Å². The lowest BCUT2D eigenvalue weighted by Gasteiger charge is -2.22. The Bertz CT molecular complexity index is 1020. The third-order valence-corrected chi connectivity index (χ3v) is 6.51. The Morgan fingerprint density at radius 1 is 1.34 bits per heavy atom. The Balaban J connectivity index is 1.60. The number of aromatic nitrogens is 1. The van der Waals surface area contributed by atoms with Gasteiger partial charge in [0.1, 0.15) is 11.5 Å². The van der Waals surface area contributed by atoms with E-state index in [4.69, 9.17) is 21.1 Å². The molecular formula is C23H27ClFN3O4. The van der Waals surface area contributed by atoms with Crippen LogP contribution in [0.15, 0.2) is 24.3 Å². The lowest BCUT2D eigenvalue weighted by atomic mass is 10.0. The van der Waals surface area contributed by atoms with Gasteiger partial charge in [-0.15, -0.1) is 0 Å². The summed E-state index contributed by atoms with van der Waals surface area (Å²) in [6, 6.07) is 5.40. The molecule has 2 aromatic rings. The predicted octanol–water partition coefficient (Wildman–Crippen LogP) is 3.55. The topological polar surface area (TPSA) is 72.8 Å². The highest BCUT2D eigenvalue weighted by atomic mass is 35.5. The fraction of sp³-hybridized carbons (Fsp3) is 0.478. The Labute approximate surface area is 191 Å². The highest BCUT2D eigenvalue weighted by molar-refractivity contribution is 6.31. The van der Waals surface area contributed by atoms with Gasteiger partial charge in [0.15, 0.2) is 0 Å². The van der Waals surface area contributed by atoms with Gasteiger partial charge in [-0.25, -0.2) is 4.39 Å². The van der Waals surface area contributed by atoms with Crippen LogP contribution in [0.2, 0.25) is 5.02 Å². The fourth-order valence-corrected chi connectivity index (χ4v) is 4.68. The smallest absolute Gasteiger partial charge is 0.270 e. The first kappa shape index (κ1) is 22.8. The molecule has 0 radical (unpaired) electrons. The molecule has 1 aromatic carbocycles. The van der Waals surface area contributed by atoms with E-state index in [0.29, 0.717) is 55.2 Å². The summed E-state index contributed by atoms with van der Waals surface area (Å²) < 4.78 is 26.3. The third-order valence-electron chi connectivity index (χ3n) is 6.19. The lowest BCUT2D eigenvalue weighted by molar-refractivity contribution is 0.0671. The molecule has 0 bridgehead atoms. The standard InChI is InChI=1S/C23H27ClFN3O4/c1-3-19(16-5-4-14(25)10-18(16)24)26-22(29)17-11-20(28-8-9-32-13-21(17)28)23(30)27-7-6-15(12-27)31-2/h4-5,10-11,15,19H,3,6-9,12-13H2,1-2H3,(H,26,29)/t15-,19+/m0/s1. The maximum absolute atomic E-state index is 13.5. The number of carbonyl (C=O) groups is 2. The van der Waals surface area contributed by atoms with Gasteiger partial charge in [-0.3, -0.25) is 9.59 Å². The fourth-order valence-electron chi connectivity index (χ4n) is 4.39. The van der Waals surface area contributed by atoms with Crippen LogP contribution in [0.25, 0.3) is 0 Å². The number of nitrogens with one attached hydrogen (secondary N) is 1.